The van der Waals surface area contributed by atoms with Crippen LogP contribution in [0.5, 0.6) is 5.75 Å². The van der Waals surface area contributed by atoms with Crippen molar-refractivity contribution in [3.63, 3.8) is 0 Å². The Balaban J connectivity index is 1.64. The van der Waals surface area contributed by atoms with Crippen LogP contribution in [0, 0.1) is 0 Å². The second kappa shape index (κ2) is 10.9. The van der Waals surface area contributed by atoms with E-state index in [-0.39, 0.29) is 24.3 Å². The van der Waals surface area contributed by atoms with Crippen LogP contribution in [-0.4, -0.2) is 67.0 Å². The molecule has 6 nitrogen and oxygen atoms in total. The van der Waals surface area contributed by atoms with E-state index < -0.39 is 0 Å². The maximum absolute atomic E-state index is 13.1. The van der Waals surface area contributed by atoms with Gasteiger partial charge in [0, 0.05) is 37.8 Å². The molecule has 0 bridgehead atoms. The molecule has 2 aromatic rings. The number of hydrogen-bond acceptors (Lipinski definition) is 5. The number of ether oxygens (including phenoxy) is 2. The standard InChI is InChI=1S/C24H30N2O4/c1-19(16-25-12-14-29-15-13-25)26(17-21-6-4-3-5-7-21)24(28)18-30-23-10-8-22(9-11-23)20(2)27/h3-11,19H,12-18H2,1-2H3. The topological polar surface area (TPSA) is 59.1 Å². The molecule has 0 saturated carbocycles. The first-order valence-electron chi connectivity index (χ1n) is 10.4. The molecule has 3 rings (SSSR count). The van der Waals surface area contributed by atoms with Crippen molar-refractivity contribution in [2.45, 2.75) is 26.4 Å². The van der Waals surface area contributed by atoms with Gasteiger partial charge < -0.3 is 14.4 Å². The first-order valence-corrected chi connectivity index (χ1v) is 10.4. The summed E-state index contributed by atoms with van der Waals surface area (Å²) < 4.78 is 11.2. The van der Waals surface area contributed by atoms with Gasteiger partial charge in [-0.1, -0.05) is 30.3 Å². The molecule has 1 aliphatic rings. The van der Waals surface area contributed by atoms with E-state index in [2.05, 4.69) is 11.8 Å². The highest BCUT2D eigenvalue weighted by Crippen LogP contribution is 2.15. The SMILES string of the molecule is CC(=O)c1ccc(OCC(=O)N(Cc2ccccc2)C(C)CN2CCOCC2)cc1. The molecular formula is C24H30N2O4. The molecule has 1 fully saturated rings. The zero-order valence-electron chi connectivity index (χ0n) is 17.8. The summed E-state index contributed by atoms with van der Waals surface area (Å²) in [5, 5.41) is 0. The van der Waals surface area contributed by atoms with Crippen LogP contribution in [0.3, 0.4) is 0 Å². The quantitative estimate of drug-likeness (QED) is 0.595. The summed E-state index contributed by atoms with van der Waals surface area (Å²) in [5.74, 6) is 0.521. The Morgan fingerprint density at radius 2 is 1.73 bits per heavy atom. The van der Waals surface area contributed by atoms with Crippen molar-refractivity contribution < 1.29 is 19.1 Å². The average Bonchev–Trinajstić information content (AvgIpc) is 2.77. The Labute approximate surface area is 178 Å². The molecule has 1 unspecified atom stereocenters. The second-order valence-corrected chi connectivity index (χ2v) is 7.64. The molecule has 0 aromatic heterocycles. The summed E-state index contributed by atoms with van der Waals surface area (Å²) >= 11 is 0. The number of Topliss-reactive ketones (excluding diaryl/α,β-unsaturated/α-hetero) is 1. The molecule has 0 spiro atoms. The normalized spacial score (nSPS) is 15.4. The minimum Gasteiger partial charge on any atom is -0.484 e. The lowest BCUT2D eigenvalue weighted by Gasteiger charge is -2.35. The molecule has 30 heavy (non-hydrogen) atoms. The minimum atomic E-state index is -0.0599. The van der Waals surface area contributed by atoms with Gasteiger partial charge in [0.25, 0.3) is 5.91 Å². The second-order valence-electron chi connectivity index (χ2n) is 7.64. The highest BCUT2D eigenvalue weighted by atomic mass is 16.5. The Bertz CT molecular complexity index is 817. The molecule has 1 atom stereocenters. The van der Waals surface area contributed by atoms with Gasteiger partial charge in [-0.3, -0.25) is 14.5 Å². The summed E-state index contributed by atoms with van der Waals surface area (Å²) in [6, 6.07) is 16.9. The fourth-order valence-corrected chi connectivity index (χ4v) is 3.54. The van der Waals surface area contributed by atoms with Crippen LogP contribution in [0.2, 0.25) is 0 Å². The number of rotatable bonds is 9. The fourth-order valence-electron chi connectivity index (χ4n) is 3.54. The van der Waals surface area contributed by atoms with Gasteiger partial charge in [-0.15, -0.1) is 0 Å². The van der Waals surface area contributed by atoms with Gasteiger partial charge in [0.15, 0.2) is 12.4 Å². The monoisotopic (exact) mass is 410 g/mol. The van der Waals surface area contributed by atoms with E-state index in [0.717, 1.165) is 38.4 Å². The Kier molecular flexibility index (Phi) is 7.99. The smallest absolute Gasteiger partial charge is 0.261 e. The number of carbonyl (C=O) groups excluding carboxylic acids is 2. The largest absolute Gasteiger partial charge is 0.484 e. The first kappa shape index (κ1) is 22.0. The highest BCUT2D eigenvalue weighted by molar-refractivity contribution is 5.94. The van der Waals surface area contributed by atoms with Crippen molar-refractivity contribution >= 4 is 11.7 Å². The fraction of sp³-hybridized carbons (Fsp3) is 0.417. The Morgan fingerprint density at radius 1 is 1.07 bits per heavy atom. The van der Waals surface area contributed by atoms with E-state index in [1.54, 1.807) is 24.3 Å². The van der Waals surface area contributed by atoms with Crippen LogP contribution in [0.25, 0.3) is 0 Å². The molecule has 2 aromatic carbocycles. The molecule has 0 radical (unpaired) electrons. The van der Waals surface area contributed by atoms with Gasteiger partial charge in [0.2, 0.25) is 0 Å². The number of morpholine rings is 1. The number of carbonyl (C=O) groups is 2. The Morgan fingerprint density at radius 3 is 2.37 bits per heavy atom. The lowest BCUT2D eigenvalue weighted by Crippen LogP contribution is -2.49. The van der Waals surface area contributed by atoms with Gasteiger partial charge in [-0.05, 0) is 43.7 Å². The van der Waals surface area contributed by atoms with Gasteiger partial charge in [0.05, 0.1) is 13.2 Å². The number of amides is 1. The zero-order chi connectivity index (χ0) is 21.3. The predicted molar refractivity (Wildman–Crippen MR) is 116 cm³/mol. The van der Waals surface area contributed by atoms with Crippen LogP contribution in [0.1, 0.15) is 29.8 Å². The lowest BCUT2D eigenvalue weighted by molar-refractivity contribution is -0.136. The molecule has 0 aliphatic carbocycles. The van der Waals surface area contributed by atoms with Crippen molar-refractivity contribution in [3.8, 4) is 5.75 Å². The van der Waals surface area contributed by atoms with Crippen LogP contribution in [0.4, 0.5) is 0 Å². The first-order chi connectivity index (χ1) is 14.5. The van der Waals surface area contributed by atoms with E-state index in [9.17, 15) is 9.59 Å². The third-order valence-corrected chi connectivity index (χ3v) is 5.30. The van der Waals surface area contributed by atoms with E-state index in [1.807, 2.05) is 35.2 Å². The zero-order valence-corrected chi connectivity index (χ0v) is 17.8. The molecule has 1 saturated heterocycles. The third kappa shape index (κ3) is 6.40. The van der Waals surface area contributed by atoms with Crippen LogP contribution in [0.15, 0.2) is 54.6 Å². The molecule has 1 amide bonds. The third-order valence-electron chi connectivity index (χ3n) is 5.30. The lowest BCUT2D eigenvalue weighted by atomic mass is 10.1. The summed E-state index contributed by atoms with van der Waals surface area (Å²) in [6.07, 6.45) is 0. The molecule has 160 valence electrons. The maximum atomic E-state index is 13.1. The Hall–Kier alpha value is -2.70. The van der Waals surface area contributed by atoms with Gasteiger partial charge in [-0.2, -0.15) is 0 Å². The number of ketones is 1. The molecule has 1 heterocycles. The minimum absolute atomic E-state index is 0.00333. The summed E-state index contributed by atoms with van der Waals surface area (Å²) in [5.41, 5.74) is 1.71. The van der Waals surface area contributed by atoms with E-state index in [0.29, 0.717) is 17.9 Å². The van der Waals surface area contributed by atoms with Crippen LogP contribution >= 0.6 is 0 Å². The number of hydrogen-bond donors (Lipinski definition) is 0. The summed E-state index contributed by atoms with van der Waals surface area (Å²) in [4.78, 5) is 28.7. The predicted octanol–water partition coefficient (Wildman–Crippen LogP) is 3.02. The van der Waals surface area contributed by atoms with Gasteiger partial charge in [0.1, 0.15) is 5.75 Å². The molecule has 6 heteroatoms. The number of nitrogens with zero attached hydrogens (tertiary/aromatic N) is 2. The van der Waals surface area contributed by atoms with Gasteiger partial charge >= 0.3 is 0 Å². The molecular weight excluding hydrogens is 380 g/mol. The molecule has 1 aliphatic heterocycles. The van der Waals surface area contributed by atoms with Crippen LogP contribution in [-0.2, 0) is 16.1 Å². The van der Waals surface area contributed by atoms with Crippen molar-refractivity contribution in [2.24, 2.45) is 0 Å². The summed E-state index contributed by atoms with van der Waals surface area (Å²) in [7, 11) is 0. The summed E-state index contributed by atoms with van der Waals surface area (Å²) in [6.45, 7) is 8.15. The van der Waals surface area contributed by atoms with Crippen LogP contribution < -0.4 is 4.74 Å². The van der Waals surface area contributed by atoms with Crippen molar-refractivity contribution in [1.29, 1.82) is 0 Å². The maximum Gasteiger partial charge on any atom is 0.261 e. The van der Waals surface area contributed by atoms with Crippen molar-refractivity contribution in [1.82, 2.24) is 9.80 Å². The average molecular weight is 411 g/mol. The number of benzene rings is 2. The van der Waals surface area contributed by atoms with Crippen molar-refractivity contribution in [2.75, 3.05) is 39.5 Å². The van der Waals surface area contributed by atoms with E-state index in [1.165, 1.54) is 6.92 Å². The van der Waals surface area contributed by atoms with Gasteiger partial charge in [-0.25, -0.2) is 0 Å². The van der Waals surface area contributed by atoms with E-state index >= 15 is 0 Å². The van der Waals surface area contributed by atoms with E-state index in [4.69, 9.17) is 9.47 Å². The molecule has 0 N–H and O–H groups in total. The highest BCUT2D eigenvalue weighted by Gasteiger charge is 2.24. The van der Waals surface area contributed by atoms with Crippen molar-refractivity contribution in [3.05, 3.63) is 65.7 Å².